The van der Waals surface area contributed by atoms with Gasteiger partial charge in [-0.1, -0.05) is 19.4 Å². The molecule has 0 bridgehead atoms. The number of rotatable bonds is 10. The van der Waals surface area contributed by atoms with E-state index in [1.807, 2.05) is 24.3 Å². The fourth-order valence-corrected chi connectivity index (χ4v) is 1.58. The summed E-state index contributed by atoms with van der Waals surface area (Å²) in [6.45, 7) is 4.34. The second kappa shape index (κ2) is 12.4. The molecule has 1 aromatic rings. The highest BCUT2D eigenvalue weighted by Crippen LogP contribution is 2.17. The van der Waals surface area contributed by atoms with Crippen LogP contribution in [0.25, 0.3) is 0 Å². The number of nitrogens with one attached hydrogen (secondary N) is 2. The van der Waals surface area contributed by atoms with E-state index in [1.165, 1.54) is 0 Å². The molecule has 0 saturated carbocycles. The van der Waals surface area contributed by atoms with Crippen LogP contribution in [0.2, 0.25) is 0 Å². The molecule has 0 saturated heterocycles. The maximum Gasteiger partial charge on any atom is 0.238 e. The van der Waals surface area contributed by atoms with E-state index in [0.717, 1.165) is 24.3 Å². The smallest absolute Gasteiger partial charge is 0.238 e. The Hall–Kier alpha value is -1.30. The molecule has 6 heteroatoms. The Labute approximate surface area is 132 Å². The van der Waals surface area contributed by atoms with E-state index in [1.54, 1.807) is 7.11 Å². The first-order valence-electron chi connectivity index (χ1n) is 6.98. The van der Waals surface area contributed by atoms with Gasteiger partial charge in [-0.3, -0.25) is 4.79 Å². The van der Waals surface area contributed by atoms with Crippen LogP contribution >= 0.6 is 12.4 Å². The van der Waals surface area contributed by atoms with Crippen molar-refractivity contribution in [2.45, 2.75) is 19.8 Å². The largest absolute Gasteiger partial charge is 0.494 e. The standard InChI is InChI=1S/C15H24N2O3.ClH/c1-3-4-9-20-14-7-5-6-13(11-14)17-15(18)12-16-8-10-19-2;/h5-7,11,16H,3-4,8-10,12H2,1-2H3,(H,17,18);1H. The van der Waals surface area contributed by atoms with Crippen LogP contribution in [-0.4, -0.2) is 39.3 Å². The number of amides is 1. The normalized spacial score (nSPS) is 9.81. The van der Waals surface area contributed by atoms with Gasteiger partial charge in [0.2, 0.25) is 5.91 Å². The molecule has 1 amide bonds. The summed E-state index contributed by atoms with van der Waals surface area (Å²) in [4.78, 5) is 11.7. The lowest BCUT2D eigenvalue weighted by molar-refractivity contribution is -0.115. The molecule has 0 aromatic heterocycles. The summed E-state index contributed by atoms with van der Waals surface area (Å²) in [5.41, 5.74) is 0.748. The fraction of sp³-hybridized carbons (Fsp3) is 0.533. The van der Waals surface area contributed by atoms with Gasteiger partial charge in [-0.05, 0) is 18.6 Å². The molecule has 0 atom stereocenters. The van der Waals surface area contributed by atoms with Crippen LogP contribution in [0.4, 0.5) is 5.69 Å². The molecule has 21 heavy (non-hydrogen) atoms. The number of unbranched alkanes of at least 4 members (excludes halogenated alkanes) is 1. The van der Waals surface area contributed by atoms with Crippen LogP contribution in [-0.2, 0) is 9.53 Å². The van der Waals surface area contributed by atoms with Crippen LogP contribution in [0.1, 0.15) is 19.8 Å². The maximum atomic E-state index is 11.7. The van der Waals surface area contributed by atoms with Crippen LogP contribution in [0.3, 0.4) is 0 Å². The Kier molecular flexibility index (Phi) is 11.7. The van der Waals surface area contributed by atoms with Crippen LogP contribution in [0.15, 0.2) is 24.3 Å². The molecule has 2 N–H and O–H groups in total. The second-order valence-corrected chi connectivity index (χ2v) is 4.45. The first kappa shape index (κ1) is 19.7. The summed E-state index contributed by atoms with van der Waals surface area (Å²) >= 11 is 0. The van der Waals surface area contributed by atoms with Gasteiger partial charge in [0.25, 0.3) is 0 Å². The molecule has 0 radical (unpaired) electrons. The number of ether oxygens (including phenoxy) is 2. The van der Waals surface area contributed by atoms with Crippen molar-refractivity contribution in [3.05, 3.63) is 24.3 Å². The highest BCUT2D eigenvalue weighted by Gasteiger charge is 2.02. The minimum atomic E-state index is -0.0770. The van der Waals surface area contributed by atoms with E-state index >= 15 is 0 Å². The molecule has 0 spiro atoms. The molecular formula is C15H25ClN2O3. The predicted octanol–water partition coefficient (Wildman–Crippen LogP) is 2.46. The van der Waals surface area contributed by atoms with Crippen molar-refractivity contribution in [1.82, 2.24) is 5.32 Å². The third-order valence-corrected chi connectivity index (χ3v) is 2.65. The number of carbonyl (C=O) groups excluding carboxylic acids is 1. The van der Waals surface area contributed by atoms with Crippen molar-refractivity contribution in [2.24, 2.45) is 0 Å². The quantitative estimate of drug-likeness (QED) is 0.651. The zero-order valence-electron chi connectivity index (χ0n) is 12.7. The SMILES string of the molecule is CCCCOc1cccc(NC(=O)CNCCOC)c1.Cl. The number of hydrogen-bond acceptors (Lipinski definition) is 4. The molecule has 0 aliphatic heterocycles. The Bertz CT molecular complexity index is 402. The summed E-state index contributed by atoms with van der Waals surface area (Å²) in [6.07, 6.45) is 2.13. The van der Waals surface area contributed by atoms with Gasteiger partial charge < -0.3 is 20.1 Å². The zero-order chi connectivity index (χ0) is 14.6. The highest BCUT2D eigenvalue weighted by molar-refractivity contribution is 5.92. The van der Waals surface area contributed by atoms with Crippen molar-refractivity contribution in [3.63, 3.8) is 0 Å². The number of anilines is 1. The summed E-state index contributed by atoms with van der Waals surface area (Å²) in [5.74, 6) is 0.704. The van der Waals surface area contributed by atoms with Crippen molar-refractivity contribution in [3.8, 4) is 5.75 Å². The minimum Gasteiger partial charge on any atom is -0.494 e. The molecule has 0 aliphatic rings. The first-order chi connectivity index (χ1) is 9.76. The number of benzene rings is 1. The van der Waals surface area contributed by atoms with Gasteiger partial charge in [0.15, 0.2) is 0 Å². The highest BCUT2D eigenvalue weighted by atomic mass is 35.5. The molecule has 120 valence electrons. The molecule has 5 nitrogen and oxygen atoms in total. The van der Waals surface area contributed by atoms with Crippen molar-refractivity contribution < 1.29 is 14.3 Å². The van der Waals surface area contributed by atoms with Gasteiger partial charge in [-0.2, -0.15) is 0 Å². The monoisotopic (exact) mass is 316 g/mol. The van der Waals surface area contributed by atoms with Gasteiger partial charge in [-0.15, -0.1) is 12.4 Å². The van der Waals surface area contributed by atoms with Crippen molar-refractivity contribution >= 4 is 24.0 Å². The number of hydrogen-bond donors (Lipinski definition) is 2. The third kappa shape index (κ3) is 9.28. The molecular weight excluding hydrogens is 292 g/mol. The van der Waals surface area contributed by atoms with Crippen molar-refractivity contribution in [1.29, 1.82) is 0 Å². The lowest BCUT2D eigenvalue weighted by Gasteiger charge is -2.09. The lowest BCUT2D eigenvalue weighted by atomic mass is 10.3. The van der Waals surface area contributed by atoms with Crippen molar-refractivity contribution in [2.75, 3.05) is 38.7 Å². The Morgan fingerprint density at radius 3 is 2.81 bits per heavy atom. The maximum absolute atomic E-state index is 11.7. The Balaban J connectivity index is 0.00000400. The van der Waals surface area contributed by atoms with Gasteiger partial charge in [-0.25, -0.2) is 0 Å². The summed E-state index contributed by atoms with van der Waals surface area (Å²) < 4.78 is 10.5. The zero-order valence-corrected chi connectivity index (χ0v) is 13.5. The van der Waals surface area contributed by atoms with Crippen LogP contribution in [0, 0.1) is 0 Å². The van der Waals surface area contributed by atoms with Gasteiger partial charge >= 0.3 is 0 Å². The Morgan fingerprint density at radius 2 is 2.10 bits per heavy atom. The van der Waals surface area contributed by atoms with Gasteiger partial charge in [0.05, 0.1) is 19.8 Å². The Morgan fingerprint density at radius 1 is 1.29 bits per heavy atom. The van der Waals surface area contributed by atoms with E-state index in [9.17, 15) is 4.79 Å². The topological polar surface area (TPSA) is 59.6 Å². The van der Waals surface area contributed by atoms with Crippen LogP contribution in [0.5, 0.6) is 5.75 Å². The first-order valence-corrected chi connectivity index (χ1v) is 6.98. The average Bonchev–Trinajstić information content (AvgIpc) is 2.44. The van der Waals surface area contributed by atoms with E-state index in [2.05, 4.69) is 17.6 Å². The number of methoxy groups -OCH3 is 1. The van der Waals surface area contributed by atoms with E-state index in [-0.39, 0.29) is 24.9 Å². The predicted molar refractivity (Wildman–Crippen MR) is 87.5 cm³/mol. The van der Waals surface area contributed by atoms with E-state index in [0.29, 0.717) is 19.8 Å². The molecule has 1 aromatic carbocycles. The third-order valence-electron chi connectivity index (χ3n) is 2.65. The summed E-state index contributed by atoms with van der Waals surface area (Å²) in [7, 11) is 1.63. The number of carbonyl (C=O) groups is 1. The van der Waals surface area contributed by atoms with Gasteiger partial charge in [0.1, 0.15) is 5.75 Å². The molecule has 0 fully saturated rings. The molecule has 0 heterocycles. The average molecular weight is 317 g/mol. The van der Waals surface area contributed by atoms with Crippen LogP contribution < -0.4 is 15.4 Å². The summed E-state index contributed by atoms with van der Waals surface area (Å²) in [6, 6.07) is 7.44. The minimum absolute atomic E-state index is 0. The fourth-order valence-electron chi connectivity index (χ4n) is 1.58. The van der Waals surface area contributed by atoms with E-state index in [4.69, 9.17) is 9.47 Å². The lowest BCUT2D eigenvalue weighted by Crippen LogP contribution is -2.30. The second-order valence-electron chi connectivity index (χ2n) is 4.45. The molecule has 1 rings (SSSR count). The van der Waals surface area contributed by atoms with Gasteiger partial charge in [0, 0.05) is 25.4 Å². The number of halogens is 1. The molecule has 0 unspecified atom stereocenters. The van der Waals surface area contributed by atoms with E-state index < -0.39 is 0 Å². The summed E-state index contributed by atoms with van der Waals surface area (Å²) in [5, 5.41) is 5.82. The molecule has 0 aliphatic carbocycles.